The average Bonchev–Trinajstić information content (AvgIpc) is 2.35. The van der Waals surface area contributed by atoms with Gasteiger partial charge in [-0.25, -0.2) is 0 Å². The van der Waals surface area contributed by atoms with Crippen LogP contribution in [0, 0.1) is 17.2 Å². The SMILES string of the molecule is CC1CC(NC(=O)COc2ccc(C#N)cc2)C1. The molecule has 1 amide bonds. The van der Waals surface area contributed by atoms with Gasteiger partial charge in [0.2, 0.25) is 0 Å². The number of nitrogens with zero attached hydrogens (tertiary/aromatic N) is 1. The minimum Gasteiger partial charge on any atom is -0.484 e. The first-order valence-corrected chi connectivity index (χ1v) is 6.09. The van der Waals surface area contributed by atoms with E-state index in [1.54, 1.807) is 24.3 Å². The van der Waals surface area contributed by atoms with Crippen LogP contribution >= 0.6 is 0 Å². The van der Waals surface area contributed by atoms with Gasteiger partial charge in [0.25, 0.3) is 5.91 Å². The van der Waals surface area contributed by atoms with Gasteiger partial charge in [-0.15, -0.1) is 0 Å². The maximum absolute atomic E-state index is 11.6. The standard InChI is InChI=1S/C14H16N2O2/c1-10-6-12(7-10)16-14(17)9-18-13-4-2-11(8-15)3-5-13/h2-5,10,12H,6-7,9H2,1H3,(H,16,17). The third kappa shape index (κ3) is 3.24. The summed E-state index contributed by atoms with van der Waals surface area (Å²) in [4.78, 5) is 11.6. The number of ether oxygens (including phenoxy) is 1. The molecule has 18 heavy (non-hydrogen) atoms. The van der Waals surface area contributed by atoms with Gasteiger partial charge in [-0.1, -0.05) is 6.92 Å². The number of nitriles is 1. The van der Waals surface area contributed by atoms with E-state index >= 15 is 0 Å². The highest BCUT2D eigenvalue weighted by Gasteiger charge is 2.26. The van der Waals surface area contributed by atoms with Crippen molar-refractivity contribution < 1.29 is 9.53 Å². The van der Waals surface area contributed by atoms with Crippen LogP contribution in [0.3, 0.4) is 0 Å². The number of amides is 1. The van der Waals surface area contributed by atoms with Crippen LogP contribution in [0.4, 0.5) is 0 Å². The summed E-state index contributed by atoms with van der Waals surface area (Å²) in [5.41, 5.74) is 0.579. The van der Waals surface area contributed by atoms with Crippen LogP contribution in [-0.4, -0.2) is 18.6 Å². The zero-order valence-electron chi connectivity index (χ0n) is 10.3. The Morgan fingerprint density at radius 1 is 1.44 bits per heavy atom. The number of carbonyl (C=O) groups excluding carboxylic acids is 1. The molecule has 0 aliphatic heterocycles. The molecule has 4 heteroatoms. The highest BCUT2D eigenvalue weighted by Crippen LogP contribution is 2.26. The van der Waals surface area contributed by atoms with Crippen LogP contribution in [0.25, 0.3) is 0 Å². The van der Waals surface area contributed by atoms with E-state index in [1.165, 1.54) is 0 Å². The maximum atomic E-state index is 11.6. The maximum Gasteiger partial charge on any atom is 0.258 e. The van der Waals surface area contributed by atoms with Crippen molar-refractivity contribution in [2.75, 3.05) is 6.61 Å². The Bertz CT molecular complexity index is 456. The molecule has 1 saturated carbocycles. The predicted octanol–water partition coefficient (Wildman–Crippen LogP) is 1.85. The average molecular weight is 244 g/mol. The van der Waals surface area contributed by atoms with Crippen LogP contribution in [0.5, 0.6) is 5.75 Å². The number of carbonyl (C=O) groups is 1. The summed E-state index contributed by atoms with van der Waals surface area (Å²) < 4.78 is 5.34. The molecule has 1 aliphatic rings. The van der Waals surface area contributed by atoms with E-state index in [-0.39, 0.29) is 12.5 Å². The zero-order chi connectivity index (χ0) is 13.0. The summed E-state index contributed by atoms with van der Waals surface area (Å²) in [6, 6.07) is 9.06. The predicted molar refractivity (Wildman–Crippen MR) is 67.0 cm³/mol. The minimum absolute atomic E-state index is 0.0246. The summed E-state index contributed by atoms with van der Waals surface area (Å²) >= 11 is 0. The molecule has 2 rings (SSSR count). The Labute approximate surface area is 107 Å². The van der Waals surface area contributed by atoms with Gasteiger partial charge >= 0.3 is 0 Å². The van der Waals surface area contributed by atoms with Crippen LogP contribution in [0.1, 0.15) is 25.3 Å². The summed E-state index contributed by atoms with van der Waals surface area (Å²) in [6.07, 6.45) is 2.12. The molecule has 0 saturated heterocycles. The molecule has 94 valence electrons. The summed E-state index contributed by atoms with van der Waals surface area (Å²) in [7, 11) is 0. The molecule has 0 spiro atoms. The van der Waals surface area contributed by atoms with Crippen molar-refractivity contribution >= 4 is 5.91 Å². The van der Waals surface area contributed by atoms with Gasteiger partial charge in [-0.05, 0) is 43.0 Å². The van der Waals surface area contributed by atoms with Gasteiger partial charge in [-0.3, -0.25) is 4.79 Å². The summed E-state index contributed by atoms with van der Waals surface area (Å²) in [6.45, 7) is 2.20. The van der Waals surface area contributed by atoms with Gasteiger partial charge in [-0.2, -0.15) is 5.26 Å². The molecule has 1 aliphatic carbocycles. The van der Waals surface area contributed by atoms with Crippen molar-refractivity contribution in [1.29, 1.82) is 5.26 Å². The van der Waals surface area contributed by atoms with Gasteiger partial charge in [0.1, 0.15) is 5.75 Å². The van der Waals surface area contributed by atoms with Crippen molar-refractivity contribution in [3.05, 3.63) is 29.8 Å². The molecule has 0 atom stereocenters. The molecule has 0 unspecified atom stereocenters. The summed E-state index contributed by atoms with van der Waals surface area (Å²) in [5, 5.41) is 11.6. The molecule has 4 nitrogen and oxygen atoms in total. The van der Waals surface area contributed by atoms with E-state index in [0.717, 1.165) is 18.8 Å². The lowest BCUT2D eigenvalue weighted by Crippen LogP contribution is -2.45. The smallest absolute Gasteiger partial charge is 0.258 e. The molecule has 1 fully saturated rings. The van der Waals surface area contributed by atoms with Gasteiger partial charge in [0, 0.05) is 6.04 Å². The second kappa shape index (κ2) is 5.54. The normalized spacial score (nSPS) is 21.6. The van der Waals surface area contributed by atoms with Crippen LogP contribution in [0.2, 0.25) is 0 Å². The van der Waals surface area contributed by atoms with Crippen molar-refractivity contribution in [2.45, 2.75) is 25.8 Å². The second-order valence-electron chi connectivity index (χ2n) is 4.77. The van der Waals surface area contributed by atoms with E-state index in [1.807, 2.05) is 6.07 Å². The molecule has 0 aromatic heterocycles. The Morgan fingerprint density at radius 3 is 2.67 bits per heavy atom. The molecule has 1 aromatic rings. The van der Waals surface area contributed by atoms with Crippen molar-refractivity contribution in [2.24, 2.45) is 5.92 Å². The lowest BCUT2D eigenvalue weighted by molar-refractivity contribution is -0.124. The van der Waals surface area contributed by atoms with Gasteiger partial charge < -0.3 is 10.1 Å². The second-order valence-corrected chi connectivity index (χ2v) is 4.77. The molecule has 0 heterocycles. The molecular formula is C14H16N2O2. The van der Waals surface area contributed by atoms with Crippen molar-refractivity contribution in [1.82, 2.24) is 5.32 Å². The Kier molecular flexibility index (Phi) is 3.83. The zero-order valence-corrected chi connectivity index (χ0v) is 10.3. The van der Waals surface area contributed by atoms with E-state index < -0.39 is 0 Å². The monoisotopic (exact) mass is 244 g/mol. The highest BCUT2D eigenvalue weighted by atomic mass is 16.5. The fraction of sp³-hybridized carbons (Fsp3) is 0.429. The third-order valence-electron chi connectivity index (χ3n) is 3.09. The quantitative estimate of drug-likeness (QED) is 0.879. The van der Waals surface area contributed by atoms with E-state index in [0.29, 0.717) is 17.4 Å². The number of benzene rings is 1. The highest BCUT2D eigenvalue weighted by molar-refractivity contribution is 5.77. The first-order valence-electron chi connectivity index (χ1n) is 6.09. The number of nitrogens with one attached hydrogen (secondary N) is 1. The van der Waals surface area contributed by atoms with Crippen molar-refractivity contribution in [3.63, 3.8) is 0 Å². The molecule has 0 bridgehead atoms. The summed E-state index contributed by atoms with van der Waals surface area (Å²) in [5.74, 6) is 1.23. The van der Waals surface area contributed by atoms with Crippen LogP contribution in [-0.2, 0) is 4.79 Å². The Morgan fingerprint density at radius 2 is 2.11 bits per heavy atom. The topological polar surface area (TPSA) is 62.1 Å². The van der Waals surface area contributed by atoms with Crippen LogP contribution < -0.4 is 10.1 Å². The van der Waals surface area contributed by atoms with E-state index in [2.05, 4.69) is 12.2 Å². The molecule has 1 N–H and O–H groups in total. The lowest BCUT2D eigenvalue weighted by atomic mass is 9.82. The first-order chi connectivity index (χ1) is 8.67. The first kappa shape index (κ1) is 12.4. The molecular weight excluding hydrogens is 228 g/mol. The molecule has 1 aromatic carbocycles. The number of hydrogen-bond acceptors (Lipinski definition) is 3. The Hall–Kier alpha value is -2.02. The van der Waals surface area contributed by atoms with Gasteiger partial charge in [0.15, 0.2) is 6.61 Å². The van der Waals surface area contributed by atoms with Crippen LogP contribution in [0.15, 0.2) is 24.3 Å². The number of hydrogen-bond donors (Lipinski definition) is 1. The lowest BCUT2D eigenvalue weighted by Gasteiger charge is -2.33. The Balaban J connectivity index is 1.73. The van der Waals surface area contributed by atoms with E-state index in [4.69, 9.17) is 10.00 Å². The number of rotatable bonds is 4. The third-order valence-corrected chi connectivity index (χ3v) is 3.09. The van der Waals surface area contributed by atoms with E-state index in [9.17, 15) is 4.79 Å². The van der Waals surface area contributed by atoms with Crippen molar-refractivity contribution in [3.8, 4) is 11.8 Å². The fourth-order valence-corrected chi connectivity index (χ4v) is 2.06. The molecule has 0 radical (unpaired) electrons. The largest absolute Gasteiger partial charge is 0.484 e. The van der Waals surface area contributed by atoms with Gasteiger partial charge in [0.05, 0.1) is 11.6 Å². The minimum atomic E-state index is -0.0868. The fourth-order valence-electron chi connectivity index (χ4n) is 2.06.